The average molecular weight is 374 g/mol. The molecule has 0 aromatic heterocycles. The molecule has 0 unspecified atom stereocenters. The van der Waals surface area contributed by atoms with E-state index in [1.165, 1.54) is 31.2 Å². The van der Waals surface area contributed by atoms with Crippen molar-refractivity contribution in [3.63, 3.8) is 0 Å². The summed E-state index contributed by atoms with van der Waals surface area (Å²) >= 11 is 0. The number of carbonyl (C=O) groups is 3. The van der Waals surface area contributed by atoms with Crippen molar-refractivity contribution in [3.8, 4) is 0 Å². The molecule has 27 heavy (non-hydrogen) atoms. The lowest BCUT2D eigenvalue weighted by Crippen LogP contribution is -2.46. The molecule has 1 aromatic rings. The predicted octanol–water partition coefficient (Wildman–Crippen LogP) is 1.62. The van der Waals surface area contributed by atoms with Crippen LogP contribution in [-0.2, 0) is 15.1 Å². The predicted molar refractivity (Wildman–Crippen MR) is 95.7 cm³/mol. The van der Waals surface area contributed by atoms with Crippen LogP contribution in [0.15, 0.2) is 24.3 Å². The van der Waals surface area contributed by atoms with Crippen molar-refractivity contribution >= 4 is 23.5 Å². The fourth-order valence-electron chi connectivity index (χ4n) is 3.45. The molecule has 2 aliphatic heterocycles. The minimum Gasteiger partial charge on any atom is -0.341 e. The van der Waals surface area contributed by atoms with Crippen LogP contribution in [0.2, 0.25) is 0 Å². The van der Waals surface area contributed by atoms with Crippen molar-refractivity contribution in [3.05, 3.63) is 39.9 Å². The Balaban J connectivity index is 1.74. The van der Waals surface area contributed by atoms with E-state index in [-0.39, 0.29) is 18.1 Å². The minimum atomic E-state index is -1.36. The van der Waals surface area contributed by atoms with Gasteiger partial charge in [-0.1, -0.05) is 6.92 Å². The summed E-state index contributed by atoms with van der Waals surface area (Å²) < 4.78 is 0. The Kier molecular flexibility index (Phi) is 4.86. The van der Waals surface area contributed by atoms with Crippen LogP contribution in [0, 0.1) is 16.0 Å². The first-order valence-corrected chi connectivity index (χ1v) is 8.89. The monoisotopic (exact) mass is 374 g/mol. The Hall–Kier alpha value is -2.97. The molecular formula is C18H22N4O5. The third-order valence-corrected chi connectivity index (χ3v) is 5.36. The second-order valence-electron chi connectivity index (χ2n) is 7.31. The second kappa shape index (κ2) is 6.98. The van der Waals surface area contributed by atoms with Gasteiger partial charge in [0.1, 0.15) is 12.1 Å². The normalized spacial score (nSPS) is 23.5. The minimum absolute atomic E-state index is 0.106. The molecule has 144 valence electrons. The number of hydrogen-bond acceptors (Lipinski definition) is 5. The second-order valence-corrected chi connectivity index (χ2v) is 7.31. The Labute approximate surface area is 156 Å². The summed E-state index contributed by atoms with van der Waals surface area (Å²) in [4.78, 5) is 50.6. The Morgan fingerprint density at radius 3 is 2.41 bits per heavy atom. The molecule has 1 aromatic carbocycles. The van der Waals surface area contributed by atoms with Gasteiger partial charge < -0.3 is 10.2 Å². The summed E-state index contributed by atoms with van der Waals surface area (Å²) in [5.74, 6) is -0.227. The molecule has 2 heterocycles. The maximum atomic E-state index is 12.9. The lowest BCUT2D eigenvalue weighted by molar-refractivity contribution is -0.384. The third-order valence-electron chi connectivity index (χ3n) is 5.36. The van der Waals surface area contributed by atoms with Gasteiger partial charge in [0.05, 0.1) is 4.92 Å². The molecule has 1 N–H and O–H groups in total. The van der Waals surface area contributed by atoms with E-state index in [2.05, 4.69) is 12.2 Å². The number of likely N-dealkylation sites (tertiary alicyclic amines) is 1. The lowest BCUT2D eigenvalue weighted by atomic mass is 9.92. The smallest absolute Gasteiger partial charge is 0.325 e. The molecule has 0 aliphatic carbocycles. The molecule has 2 aliphatic rings. The molecule has 0 radical (unpaired) electrons. The topological polar surface area (TPSA) is 113 Å². The number of nitro groups is 1. The van der Waals surface area contributed by atoms with Gasteiger partial charge in [0, 0.05) is 25.2 Å². The maximum absolute atomic E-state index is 12.9. The van der Waals surface area contributed by atoms with Gasteiger partial charge in [-0.25, -0.2) is 4.79 Å². The van der Waals surface area contributed by atoms with Crippen molar-refractivity contribution in [2.24, 2.45) is 5.92 Å². The molecule has 2 saturated heterocycles. The van der Waals surface area contributed by atoms with E-state index in [0.717, 1.165) is 17.7 Å². The average Bonchev–Trinajstić information content (AvgIpc) is 2.86. The van der Waals surface area contributed by atoms with E-state index >= 15 is 0 Å². The number of amides is 4. The number of hydrogen-bond donors (Lipinski definition) is 1. The number of non-ortho nitro benzene ring substituents is 1. The van der Waals surface area contributed by atoms with Gasteiger partial charge in [-0.3, -0.25) is 24.6 Å². The number of benzene rings is 1. The molecule has 0 saturated carbocycles. The van der Waals surface area contributed by atoms with Crippen molar-refractivity contribution in [2.75, 3.05) is 19.6 Å². The largest absolute Gasteiger partial charge is 0.341 e. The molecule has 4 amide bonds. The van der Waals surface area contributed by atoms with Crippen LogP contribution in [0.3, 0.4) is 0 Å². The SMILES string of the molecule is CC1CCN(C(=O)CN2C(=O)N[C@](C)(c3ccc([N+](=O)[O-])cc3)C2=O)CC1. The first-order valence-electron chi connectivity index (χ1n) is 8.89. The van der Waals surface area contributed by atoms with Gasteiger partial charge in [0.25, 0.3) is 11.6 Å². The van der Waals surface area contributed by atoms with E-state index in [4.69, 9.17) is 0 Å². The summed E-state index contributed by atoms with van der Waals surface area (Å²) in [7, 11) is 0. The third kappa shape index (κ3) is 3.49. The zero-order chi connectivity index (χ0) is 19.8. The number of imide groups is 1. The zero-order valence-corrected chi connectivity index (χ0v) is 15.3. The highest BCUT2D eigenvalue weighted by Crippen LogP contribution is 2.30. The molecule has 1 atom stereocenters. The Morgan fingerprint density at radius 2 is 1.85 bits per heavy atom. The van der Waals surface area contributed by atoms with Gasteiger partial charge >= 0.3 is 6.03 Å². The van der Waals surface area contributed by atoms with Crippen LogP contribution in [-0.4, -0.2) is 52.2 Å². The van der Waals surface area contributed by atoms with Crippen LogP contribution < -0.4 is 5.32 Å². The molecule has 0 bridgehead atoms. The molecule has 9 nitrogen and oxygen atoms in total. The van der Waals surface area contributed by atoms with Crippen LogP contribution >= 0.6 is 0 Å². The highest BCUT2D eigenvalue weighted by molar-refractivity contribution is 6.09. The number of nitrogens with one attached hydrogen (secondary N) is 1. The number of urea groups is 1. The van der Waals surface area contributed by atoms with E-state index < -0.39 is 22.4 Å². The van der Waals surface area contributed by atoms with Gasteiger partial charge in [-0.15, -0.1) is 0 Å². The van der Waals surface area contributed by atoms with Crippen LogP contribution in [0.5, 0.6) is 0 Å². The molecule has 0 spiro atoms. The van der Waals surface area contributed by atoms with E-state index in [1.807, 2.05) is 0 Å². The van der Waals surface area contributed by atoms with Gasteiger partial charge in [-0.2, -0.15) is 0 Å². The van der Waals surface area contributed by atoms with E-state index in [1.54, 1.807) is 4.90 Å². The fourth-order valence-corrected chi connectivity index (χ4v) is 3.45. The summed E-state index contributed by atoms with van der Waals surface area (Å²) in [6, 6.07) is 4.80. The van der Waals surface area contributed by atoms with Crippen molar-refractivity contribution < 1.29 is 19.3 Å². The first kappa shape index (κ1) is 18.8. The van der Waals surface area contributed by atoms with Crippen molar-refractivity contribution in [1.29, 1.82) is 0 Å². The molecule has 2 fully saturated rings. The number of carbonyl (C=O) groups excluding carboxylic acids is 3. The lowest BCUT2D eigenvalue weighted by Gasteiger charge is -2.31. The number of nitrogens with zero attached hydrogens (tertiary/aromatic N) is 3. The van der Waals surface area contributed by atoms with Crippen molar-refractivity contribution in [1.82, 2.24) is 15.1 Å². The standard InChI is InChI=1S/C18H22N4O5/c1-12-7-9-20(10-8-12)15(23)11-21-16(24)18(2,19-17(21)25)13-3-5-14(6-4-13)22(26)27/h3-6,12H,7-11H2,1-2H3,(H,19,25)/t18-/m1/s1. The van der Waals surface area contributed by atoms with Gasteiger partial charge in [0.15, 0.2) is 0 Å². The zero-order valence-electron chi connectivity index (χ0n) is 15.3. The maximum Gasteiger partial charge on any atom is 0.325 e. The summed E-state index contributed by atoms with van der Waals surface area (Å²) in [5.41, 5.74) is -1.04. The van der Waals surface area contributed by atoms with Crippen LogP contribution in [0.25, 0.3) is 0 Å². The molecular weight excluding hydrogens is 352 g/mol. The highest BCUT2D eigenvalue weighted by Gasteiger charge is 2.49. The van der Waals surface area contributed by atoms with Crippen molar-refractivity contribution in [2.45, 2.75) is 32.2 Å². The summed E-state index contributed by atoms with van der Waals surface area (Å²) in [6.07, 6.45) is 1.82. The van der Waals surface area contributed by atoms with Gasteiger partial charge in [-0.05, 0) is 43.4 Å². The van der Waals surface area contributed by atoms with Gasteiger partial charge in [0.2, 0.25) is 5.91 Å². The fraction of sp³-hybridized carbons (Fsp3) is 0.500. The highest BCUT2D eigenvalue weighted by atomic mass is 16.6. The summed E-state index contributed by atoms with van der Waals surface area (Å²) in [6.45, 7) is 4.62. The van der Waals surface area contributed by atoms with Crippen LogP contribution in [0.4, 0.5) is 10.5 Å². The quantitative estimate of drug-likeness (QED) is 0.489. The molecule has 3 rings (SSSR count). The number of rotatable bonds is 4. The number of nitro benzene ring substituents is 1. The Bertz CT molecular complexity index is 785. The Morgan fingerprint density at radius 1 is 1.26 bits per heavy atom. The summed E-state index contributed by atoms with van der Waals surface area (Å²) in [5, 5.41) is 13.4. The van der Waals surface area contributed by atoms with Crippen LogP contribution in [0.1, 0.15) is 32.3 Å². The first-order chi connectivity index (χ1) is 12.7. The number of piperidine rings is 1. The van der Waals surface area contributed by atoms with E-state index in [0.29, 0.717) is 24.6 Å². The molecule has 9 heteroatoms. The van der Waals surface area contributed by atoms with E-state index in [9.17, 15) is 24.5 Å².